The number of benzene rings is 2. The van der Waals surface area contributed by atoms with Crippen molar-refractivity contribution in [1.82, 2.24) is 9.97 Å². The summed E-state index contributed by atoms with van der Waals surface area (Å²) in [6, 6.07) is 12.0. The van der Waals surface area contributed by atoms with Crippen molar-refractivity contribution < 1.29 is 18.3 Å². The van der Waals surface area contributed by atoms with Crippen molar-refractivity contribution in [2.75, 3.05) is 11.9 Å². The molecule has 1 aromatic heterocycles. The van der Waals surface area contributed by atoms with Gasteiger partial charge >= 0.3 is 5.97 Å². The number of esters is 1. The average molecular weight is 470 g/mol. The highest BCUT2D eigenvalue weighted by Gasteiger charge is 2.36. The Labute approximate surface area is 193 Å². The number of carbonyl (C=O) groups is 1. The van der Waals surface area contributed by atoms with Crippen LogP contribution in [0.1, 0.15) is 36.5 Å². The number of hydrogen-bond donors (Lipinski definition) is 2. The van der Waals surface area contributed by atoms with Gasteiger partial charge in [0.25, 0.3) is 5.56 Å². The summed E-state index contributed by atoms with van der Waals surface area (Å²) in [5.41, 5.74) is 1.56. The van der Waals surface area contributed by atoms with Gasteiger partial charge < -0.3 is 15.0 Å². The first kappa shape index (κ1) is 22.7. The molecule has 0 saturated heterocycles. The monoisotopic (exact) mass is 469 g/mol. The van der Waals surface area contributed by atoms with Gasteiger partial charge in [0.1, 0.15) is 17.5 Å². The summed E-state index contributed by atoms with van der Waals surface area (Å²) in [6.45, 7) is 3.55. The first-order valence-electron chi connectivity index (χ1n) is 10.3. The maximum atomic E-state index is 14.0. The molecule has 2 aromatic carbocycles. The number of fused-ring (bicyclic) bond motifs is 1. The Hall–Kier alpha value is -3.46. The standard InChI is InChI=1S/C24H21F2N3O3S/c1-3-32-23(31)18-13(2)27-21-20(19(18)14-8-10-16(25)11-9-14)22(30)29-24(28-21)33-12-15-6-4-5-7-17(15)26/h4-11,19H,3,12H2,1-2H3,(H2,27,28,29,30). The molecule has 0 saturated carbocycles. The zero-order valence-electron chi connectivity index (χ0n) is 17.9. The van der Waals surface area contributed by atoms with E-state index in [-0.39, 0.29) is 35.1 Å². The Kier molecular flexibility index (Phi) is 6.60. The molecule has 1 aliphatic heterocycles. The number of allylic oxidation sites excluding steroid dienone is 1. The molecule has 1 atom stereocenters. The van der Waals surface area contributed by atoms with E-state index in [1.54, 1.807) is 32.0 Å². The summed E-state index contributed by atoms with van der Waals surface area (Å²) >= 11 is 1.19. The van der Waals surface area contributed by atoms with Gasteiger partial charge in [-0.05, 0) is 43.2 Å². The fraction of sp³-hybridized carbons (Fsp3) is 0.208. The molecular formula is C24H21F2N3O3S. The van der Waals surface area contributed by atoms with Crippen LogP contribution in [0.2, 0.25) is 0 Å². The fourth-order valence-corrected chi connectivity index (χ4v) is 4.58. The zero-order chi connectivity index (χ0) is 23.5. The molecule has 1 unspecified atom stereocenters. The van der Waals surface area contributed by atoms with E-state index >= 15 is 0 Å². The summed E-state index contributed by atoms with van der Waals surface area (Å²) in [7, 11) is 0. The number of thioether (sulfide) groups is 1. The topological polar surface area (TPSA) is 84.1 Å². The third-order valence-corrected chi connectivity index (χ3v) is 6.16. The number of nitrogens with one attached hydrogen (secondary N) is 2. The van der Waals surface area contributed by atoms with Gasteiger partial charge in [-0.25, -0.2) is 18.6 Å². The normalized spacial score (nSPS) is 15.1. The number of carbonyl (C=O) groups excluding carboxylic acids is 1. The van der Waals surface area contributed by atoms with Crippen molar-refractivity contribution in [2.45, 2.75) is 30.7 Å². The smallest absolute Gasteiger partial charge is 0.336 e. The van der Waals surface area contributed by atoms with E-state index in [0.717, 1.165) is 0 Å². The summed E-state index contributed by atoms with van der Waals surface area (Å²) in [5, 5.41) is 3.34. The van der Waals surface area contributed by atoms with E-state index in [0.29, 0.717) is 22.0 Å². The minimum atomic E-state index is -0.789. The molecule has 3 aromatic rings. The number of nitrogens with zero attached hydrogens (tertiary/aromatic N) is 1. The van der Waals surface area contributed by atoms with Gasteiger partial charge in [-0.2, -0.15) is 0 Å². The van der Waals surface area contributed by atoms with E-state index in [1.165, 1.54) is 42.1 Å². The summed E-state index contributed by atoms with van der Waals surface area (Å²) < 4.78 is 32.7. The zero-order valence-corrected chi connectivity index (χ0v) is 18.8. The lowest BCUT2D eigenvalue weighted by molar-refractivity contribution is -0.138. The van der Waals surface area contributed by atoms with Crippen LogP contribution in [0.15, 0.2) is 69.8 Å². The van der Waals surface area contributed by atoms with Crippen molar-refractivity contribution in [2.24, 2.45) is 0 Å². The van der Waals surface area contributed by atoms with Crippen molar-refractivity contribution in [1.29, 1.82) is 0 Å². The predicted molar refractivity (Wildman–Crippen MR) is 122 cm³/mol. The van der Waals surface area contributed by atoms with Crippen molar-refractivity contribution >= 4 is 23.5 Å². The Balaban J connectivity index is 1.76. The second kappa shape index (κ2) is 9.58. The molecule has 4 rings (SSSR count). The molecule has 0 radical (unpaired) electrons. The van der Waals surface area contributed by atoms with Gasteiger partial charge in [-0.1, -0.05) is 42.1 Å². The second-order valence-corrected chi connectivity index (χ2v) is 8.35. The van der Waals surface area contributed by atoms with Gasteiger partial charge in [0.15, 0.2) is 5.16 Å². The molecule has 1 aliphatic rings. The largest absolute Gasteiger partial charge is 0.463 e. The van der Waals surface area contributed by atoms with Crippen LogP contribution in [0.5, 0.6) is 0 Å². The molecule has 0 amide bonds. The average Bonchev–Trinajstić information content (AvgIpc) is 2.78. The number of halogens is 2. The SMILES string of the molecule is CCOC(=O)C1=C(C)Nc2nc(SCc3ccccc3F)[nH]c(=O)c2C1c1ccc(F)cc1. The quantitative estimate of drug-likeness (QED) is 0.308. The highest BCUT2D eigenvalue weighted by atomic mass is 32.2. The Bertz CT molecular complexity index is 1290. The number of anilines is 1. The number of hydrogen-bond acceptors (Lipinski definition) is 6. The fourth-order valence-electron chi connectivity index (χ4n) is 3.73. The molecule has 0 aliphatic carbocycles. The third kappa shape index (κ3) is 4.68. The molecule has 9 heteroatoms. The number of aromatic nitrogens is 2. The molecule has 0 spiro atoms. The van der Waals surface area contributed by atoms with Gasteiger partial charge in [0.05, 0.1) is 23.7 Å². The van der Waals surface area contributed by atoms with Crippen LogP contribution in [0.25, 0.3) is 0 Å². The minimum Gasteiger partial charge on any atom is -0.463 e. The molecule has 6 nitrogen and oxygen atoms in total. The summed E-state index contributed by atoms with van der Waals surface area (Å²) in [5.74, 6) is -1.56. The van der Waals surface area contributed by atoms with Crippen LogP contribution >= 0.6 is 11.8 Å². The van der Waals surface area contributed by atoms with E-state index < -0.39 is 23.3 Å². The Morgan fingerprint density at radius 3 is 2.58 bits per heavy atom. The van der Waals surface area contributed by atoms with E-state index in [4.69, 9.17) is 4.74 Å². The third-order valence-electron chi connectivity index (χ3n) is 5.24. The molecule has 33 heavy (non-hydrogen) atoms. The van der Waals surface area contributed by atoms with Gasteiger partial charge in [-0.15, -0.1) is 0 Å². The van der Waals surface area contributed by atoms with Gasteiger partial charge in [0.2, 0.25) is 0 Å². The number of ether oxygens (including phenoxy) is 1. The highest BCUT2D eigenvalue weighted by molar-refractivity contribution is 7.98. The molecular weight excluding hydrogens is 448 g/mol. The van der Waals surface area contributed by atoms with Gasteiger partial charge in [0, 0.05) is 11.4 Å². The van der Waals surface area contributed by atoms with E-state index in [1.807, 2.05) is 0 Å². The van der Waals surface area contributed by atoms with Crippen LogP contribution in [0, 0.1) is 11.6 Å². The molecule has 2 heterocycles. The first-order valence-corrected chi connectivity index (χ1v) is 11.3. The number of aromatic amines is 1. The number of H-pyrrole nitrogens is 1. The Morgan fingerprint density at radius 2 is 1.88 bits per heavy atom. The van der Waals surface area contributed by atoms with Crippen LogP contribution in [-0.2, 0) is 15.3 Å². The van der Waals surface area contributed by atoms with E-state index in [2.05, 4.69) is 15.3 Å². The lowest BCUT2D eigenvalue weighted by atomic mass is 9.82. The summed E-state index contributed by atoms with van der Waals surface area (Å²) in [4.78, 5) is 33.2. The van der Waals surface area contributed by atoms with Crippen molar-refractivity contribution in [3.63, 3.8) is 0 Å². The van der Waals surface area contributed by atoms with E-state index in [9.17, 15) is 18.4 Å². The van der Waals surface area contributed by atoms with Crippen LogP contribution < -0.4 is 10.9 Å². The number of rotatable bonds is 6. The van der Waals surface area contributed by atoms with Crippen molar-refractivity contribution in [3.8, 4) is 0 Å². The molecule has 0 bridgehead atoms. The maximum absolute atomic E-state index is 14.0. The second-order valence-electron chi connectivity index (χ2n) is 7.38. The summed E-state index contributed by atoms with van der Waals surface area (Å²) in [6.07, 6.45) is 0. The van der Waals surface area contributed by atoms with Gasteiger partial charge in [-0.3, -0.25) is 4.79 Å². The van der Waals surface area contributed by atoms with Crippen LogP contribution in [0.4, 0.5) is 14.6 Å². The predicted octanol–water partition coefficient (Wildman–Crippen LogP) is 4.73. The Morgan fingerprint density at radius 1 is 1.15 bits per heavy atom. The molecule has 0 fully saturated rings. The van der Waals surface area contributed by atoms with Crippen LogP contribution in [-0.4, -0.2) is 22.5 Å². The molecule has 170 valence electrons. The lowest BCUT2D eigenvalue weighted by Crippen LogP contribution is -2.31. The lowest BCUT2D eigenvalue weighted by Gasteiger charge is -2.28. The molecule has 2 N–H and O–H groups in total. The highest BCUT2D eigenvalue weighted by Crippen LogP contribution is 2.40. The maximum Gasteiger partial charge on any atom is 0.336 e. The van der Waals surface area contributed by atoms with Crippen molar-refractivity contribution in [3.05, 3.63) is 98.5 Å². The van der Waals surface area contributed by atoms with Crippen LogP contribution in [0.3, 0.4) is 0 Å². The first-order chi connectivity index (χ1) is 15.9. The minimum absolute atomic E-state index is 0.166.